The molecule has 0 saturated heterocycles. The van der Waals surface area contributed by atoms with Gasteiger partial charge >= 0.3 is 0 Å². The Kier molecular flexibility index (Phi) is 8.17. The Balaban J connectivity index is 2.34. The molecular weight excluding hydrogens is 264 g/mol. The number of nitrogens with one attached hydrogen (secondary N) is 1. The molecule has 0 saturated carbocycles. The molecule has 116 valence electrons. The zero-order valence-corrected chi connectivity index (χ0v) is 13.3. The first-order valence-corrected chi connectivity index (χ1v) is 7.65. The SMILES string of the molecule is CCCCCCCC(=O)N/N=C(\C)c1ccc(OC)cc1. The van der Waals surface area contributed by atoms with E-state index in [2.05, 4.69) is 17.5 Å². The van der Waals surface area contributed by atoms with Crippen LogP contribution < -0.4 is 10.2 Å². The van der Waals surface area contributed by atoms with Gasteiger partial charge in [0.25, 0.3) is 0 Å². The van der Waals surface area contributed by atoms with Crippen LogP contribution in [0, 0.1) is 0 Å². The lowest BCUT2D eigenvalue weighted by atomic mass is 10.1. The van der Waals surface area contributed by atoms with E-state index in [-0.39, 0.29) is 5.91 Å². The van der Waals surface area contributed by atoms with Gasteiger partial charge in [-0.3, -0.25) is 4.79 Å². The number of hydrogen-bond donors (Lipinski definition) is 1. The highest BCUT2D eigenvalue weighted by Gasteiger charge is 2.02. The Morgan fingerprint density at radius 3 is 2.43 bits per heavy atom. The summed E-state index contributed by atoms with van der Waals surface area (Å²) in [6.45, 7) is 4.06. The fourth-order valence-electron chi connectivity index (χ4n) is 1.99. The van der Waals surface area contributed by atoms with E-state index >= 15 is 0 Å². The summed E-state index contributed by atoms with van der Waals surface area (Å²) in [6, 6.07) is 7.61. The summed E-state index contributed by atoms with van der Waals surface area (Å²) in [5.74, 6) is 0.794. The number of carbonyl (C=O) groups is 1. The number of benzene rings is 1. The standard InChI is InChI=1S/C17H26N2O2/c1-4-5-6-7-8-9-17(20)19-18-14(2)15-10-12-16(21-3)13-11-15/h10-13H,4-9H2,1-3H3,(H,19,20)/b18-14+. The maximum absolute atomic E-state index is 11.7. The molecule has 1 aromatic carbocycles. The van der Waals surface area contributed by atoms with E-state index in [0.717, 1.165) is 29.9 Å². The molecule has 0 aliphatic heterocycles. The van der Waals surface area contributed by atoms with E-state index in [1.54, 1.807) is 7.11 Å². The lowest BCUT2D eigenvalue weighted by molar-refractivity contribution is -0.121. The van der Waals surface area contributed by atoms with Crippen LogP contribution in [0.4, 0.5) is 0 Å². The third-order valence-electron chi connectivity index (χ3n) is 3.36. The van der Waals surface area contributed by atoms with Gasteiger partial charge in [0.2, 0.25) is 5.91 Å². The highest BCUT2D eigenvalue weighted by molar-refractivity contribution is 5.99. The van der Waals surface area contributed by atoms with Crippen LogP contribution in [-0.4, -0.2) is 18.7 Å². The molecule has 4 nitrogen and oxygen atoms in total. The van der Waals surface area contributed by atoms with Crippen LogP contribution in [0.1, 0.15) is 57.9 Å². The smallest absolute Gasteiger partial charge is 0.240 e. The normalized spacial score (nSPS) is 11.3. The monoisotopic (exact) mass is 290 g/mol. The van der Waals surface area contributed by atoms with Crippen LogP contribution in [0.2, 0.25) is 0 Å². The fraction of sp³-hybridized carbons (Fsp3) is 0.529. The molecular formula is C17H26N2O2. The minimum atomic E-state index is -0.0145. The van der Waals surface area contributed by atoms with Crippen molar-refractivity contribution in [3.63, 3.8) is 0 Å². The lowest BCUT2D eigenvalue weighted by Crippen LogP contribution is -2.18. The predicted octanol–water partition coefficient (Wildman–Crippen LogP) is 3.90. The van der Waals surface area contributed by atoms with Crippen molar-refractivity contribution in [2.24, 2.45) is 5.10 Å². The fourth-order valence-corrected chi connectivity index (χ4v) is 1.99. The van der Waals surface area contributed by atoms with Crippen molar-refractivity contribution in [2.45, 2.75) is 52.4 Å². The van der Waals surface area contributed by atoms with Gasteiger partial charge in [0.1, 0.15) is 5.75 Å². The molecule has 0 heterocycles. The van der Waals surface area contributed by atoms with E-state index in [4.69, 9.17) is 4.74 Å². The molecule has 0 radical (unpaired) electrons. The van der Waals surface area contributed by atoms with Crippen molar-refractivity contribution >= 4 is 11.6 Å². The average molecular weight is 290 g/mol. The van der Waals surface area contributed by atoms with Crippen LogP contribution in [-0.2, 0) is 4.79 Å². The van der Waals surface area contributed by atoms with Gasteiger partial charge in [-0.2, -0.15) is 5.10 Å². The molecule has 0 fully saturated rings. The number of nitrogens with zero attached hydrogens (tertiary/aromatic N) is 1. The molecule has 0 aliphatic carbocycles. The molecule has 0 atom stereocenters. The van der Waals surface area contributed by atoms with Gasteiger partial charge in [0.15, 0.2) is 0 Å². The molecule has 1 rings (SSSR count). The largest absolute Gasteiger partial charge is 0.497 e. The molecule has 0 bridgehead atoms. The summed E-state index contributed by atoms with van der Waals surface area (Å²) in [5.41, 5.74) is 4.38. The Bertz CT molecular complexity index is 452. The molecule has 0 aromatic heterocycles. The quantitative estimate of drug-likeness (QED) is 0.426. The second-order valence-corrected chi connectivity index (χ2v) is 5.12. The Morgan fingerprint density at radius 1 is 1.14 bits per heavy atom. The number of hydrazone groups is 1. The van der Waals surface area contributed by atoms with E-state index in [1.807, 2.05) is 31.2 Å². The maximum Gasteiger partial charge on any atom is 0.240 e. The molecule has 1 aromatic rings. The highest BCUT2D eigenvalue weighted by Crippen LogP contribution is 2.11. The number of rotatable bonds is 9. The van der Waals surface area contributed by atoms with Crippen molar-refractivity contribution in [3.8, 4) is 5.75 Å². The first kappa shape index (κ1) is 17.2. The van der Waals surface area contributed by atoms with Gasteiger partial charge < -0.3 is 4.74 Å². The van der Waals surface area contributed by atoms with Crippen molar-refractivity contribution in [2.75, 3.05) is 7.11 Å². The summed E-state index contributed by atoms with van der Waals surface area (Å²) in [7, 11) is 1.64. The summed E-state index contributed by atoms with van der Waals surface area (Å²) in [4.78, 5) is 11.7. The molecule has 1 N–H and O–H groups in total. The minimum Gasteiger partial charge on any atom is -0.497 e. The zero-order chi connectivity index (χ0) is 15.5. The van der Waals surface area contributed by atoms with Gasteiger partial charge in [0.05, 0.1) is 12.8 Å². The van der Waals surface area contributed by atoms with Crippen molar-refractivity contribution in [1.82, 2.24) is 5.43 Å². The van der Waals surface area contributed by atoms with Crippen molar-refractivity contribution < 1.29 is 9.53 Å². The van der Waals surface area contributed by atoms with E-state index in [0.29, 0.717) is 6.42 Å². The number of amides is 1. The number of hydrogen-bond acceptors (Lipinski definition) is 3. The van der Waals surface area contributed by atoms with E-state index in [9.17, 15) is 4.79 Å². The van der Waals surface area contributed by atoms with Gasteiger partial charge in [0, 0.05) is 6.42 Å². The first-order chi connectivity index (χ1) is 10.2. The van der Waals surface area contributed by atoms with Crippen LogP contribution in [0.5, 0.6) is 5.75 Å². The van der Waals surface area contributed by atoms with Gasteiger partial charge in [-0.05, 0) is 43.2 Å². The van der Waals surface area contributed by atoms with Crippen LogP contribution in [0.15, 0.2) is 29.4 Å². The lowest BCUT2D eigenvalue weighted by Gasteiger charge is -2.04. The second-order valence-electron chi connectivity index (χ2n) is 5.12. The zero-order valence-electron chi connectivity index (χ0n) is 13.3. The van der Waals surface area contributed by atoms with Gasteiger partial charge in [-0.15, -0.1) is 0 Å². The summed E-state index contributed by atoms with van der Waals surface area (Å²) >= 11 is 0. The number of methoxy groups -OCH3 is 1. The molecule has 0 unspecified atom stereocenters. The summed E-state index contributed by atoms with van der Waals surface area (Å²) in [5, 5.41) is 4.14. The number of ether oxygens (including phenoxy) is 1. The summed E-state index contributed by atoms with van der Waals surface area (Å²) in [6.07, 6.45) is 6.26. The Morgan fingerprint density at radius 2 is 1.81 bits per heavy atom. The summed E-state index contributed by atoms with van der Waals surface area (Å²) < 4.78 is 5.11. The maximum atomic E-state index is 11.7. The van der Waals surface area contributed by atoms with Crippen LogP contribution in [0.25, 0.3) is 0 Å². The average Bonchev–Trinajstić information content (AvgIpc) is 2.52. The topological polar surface area (TPSA) is 50.7 Å². The van der Waals surface area contributed by atoms with Crippen molar-refractivity contribution in [3.05, 3.63) is 29.8 Å². The van der Waals surface area contributed by atoms with E-state index in [1.165, 1.54) is 19.3 Å². The minimum absolute atomic E-state index is 0.0145. The Labute approximate surface area is 127 Å². The third-order valence-corrected chi connectivity index (χ3v) is 3.36. The van der Waals surface area contributed by atoms with Crippen LogP contribution in [0.3, 0.4) is 0 Å². The van der Waals surface area contributed by atoms with Gasteiger partial charge in [-0.25, -0.2) is 5.43 Å². The second kappa shape index (κ2) is 9.97. The molecule has 1 amide bonds. The Hall–Kier alpha value is -1.84. The third kappa shape index (κ3) is 6.93. The molecule has 21 heavy (non-hydrogen) atoms. The van der Waals surface area contributed by atoms with Gasteiger partial charge in [-0.1, -0.05) is 32.6 Å². The first-order valence-electron chi connectivity index (χ1n) is 7.65. The number of unbranched alkanes of at least 4 members (excludes halogenated alkanes) is 4. The predicted molar refractivity (Wildman–Crippen MR) is 86.7 cm³/mol. The highest BCUT2D eigenvalue weighted by atomic mass is 16.5. The molecule has 4 heteroatoms. The van der Waals surface area contributed by atoms with E-state index < -0.39 is 0 Å². The molecule has 0 aliphatic rings. The number of carbonyl (C=O) groups excluding carboxylic acids is 1. The van der Waals surface area contributed by atoms with Crippen molar-refractivity contribution in [1.29, 1.82) is 0 Å². The molecule has 0 spiro atoms. The van der Waals surface area contributed by atoms with Crippen LogP contribution >= 0.6 is 0 Å².